The van der Waals surface area contributed by atoms with E-state index in [0.29, 0.717) is 18.0 Å². The molecular weight excluding hydrogens is 468 g/mol. The van der Waals surface area contributed by atoms with Crippen molar-refractivity contribution in [3.63, 3.8) is 0 Å². The highest BCUT2D eigenvalue weighted by Crippen LogP contribution is 2.19. The molecule has 0 atom stereocenters. The molecule has 0 aliphatic heterocycles. The predicted molar refractivity (Wildman–Crippen MR) is 160 cm³/mol. The largest absolute Gasteiger partial charge is 0.423 e. The van der Waals surface area contributed by atoms with E-state index in [4.69, 9.17) is 4.74 Å². The van der Waals surface area contributed by atoms with Crippen molar-refractivity contribution in [1.82, 2.24) is 9.97 Å². The van der Waals surface area contributed by atoms with Gasteiger partial charge in [-0.1, -0.05) is 147 Å². The zero-order valence-corrected chi connectivity index (χ0v) is 24.5. The summed E-state index contributed by atoms with van der Waals surface area (Å²) >= 11 is 0. The van der Waals surface area contributed by atoms with E-state index >= 15 is 0 Å². The molecule has 0 fully saturated rings. The van der Waals surface area contributed by atoms with E-state index in [0.717, 1.165) is 24.8 Å². The van der Waals surface area contributed by atoms with Gasteiger partial charge < -0.3 is 4.74 Å². The lowest BCUT2D eigenvalue weighted by Gasteiger charge is -2.06. The summed E-state index contributed by atoms with van der Waals surface area (Å²) in [7, 11) is 0. The van der Waals surface area contributed by atoms with Gasteiger partial charge in [0.05, 0.1) is 12.4 Å². The number of esters is 1. The third-order valence-electron chi connectivity index (χ3n) is 7.38. The van der Waals surface area contributed by atoms with Gasteiger partial charge in [0, 0.05) is 12.0 Å². The van der Waals surface area contributed by atoms with Crippen molar-refractivity contribution < 1.29 is 9.53 Å². The van der Waals surface area contributed by atoms with Crippen molar-refractivity contribution >= 4 is 5.97 Å². The number of hydrogen-bond acceptors (Lipinski definition) is 4. The maximum Gasteiger partial charge on any atom is 0.311 e. The zero-order chi connectivity index (χ0) is 27.1. The first kappa shape index (κ1) is 32.0. The van der Waals surface area contributed by atoms with Crippen LogP contribution in [0, 0.1) is 0 Å². The fraction of sp³-hybridized carbons (Fsp3) is 0.676. The van der Waals surface area contributed by atoms with Gasteiger partial charge in [0.2, 0.25) is 0 Å². The predicted octanol–water partition coefficient (Wildman–Crippen LogP) is 10.4. The van der Waals surface area contributed by atoms with Crippen molar-refractivity contribution in [2.45, 2.75) is 149 Å². The van der Waals surface area contributed by atoms with Gasteiger partial charge in [-0.05, 0) is 24.8 Å². The molecule has 0 radical (unpaired) electrons. The Kier molecular flexibility index (Phi) is 18.2. The van der Waals surface area contributed by atoms with Gasteiger partial charge in [-0.3, -0.25) is 4.79 Å². The highest BCUT2D eigenvalue weighted by atomic mass is 16.5. The number of unbranched alkanes of at least 4 members (excludes halogenated alkanes) is 17. The lowest BCUT2D eigenvalue weighted by Crippen LogP contribution is -2.08. The van der Waals surface area contributed by atoms with Gasteiger partial charge in [-0.15, -0.1) is 0 Å². The average molecular weight is 523 g/mol. The summed E-state index contributed by atoms with van der Waals surface area (Å²) in [5.74, 6) is 0.892. The SMILES string of the molecule is CCCCCCCCCCCCC(=O)Oc1cnc(-c2ccc(CCCCCCCCCCC)cc2)nc1. The second kappa shape index (κ2) is 21.7. The summed E-state index contributed by atoms with van der Waals surface area (Å²) in [5, 5.41) is 0. The molecular formula is C34H54N2O2. The first-order chi connectivity index (χ1) is 18.7. The van der Waals surface area contributed by atoms with Gasteiger partial charge in [0.1, 0.15) is 0 Å². The minimum atomic E-state index is -0.193. The highest BCUT2D eigenvalue weighted by Gasteiger charge is 2.07. The summed E-state index contributed by atoms with van der Waals surface area (Å²) in [6, 6.07) is 8.55. The molecule has 0 bridgehead atoms. The van der Waals surface area contributed by atoms with E-state index in [2.05, 4.69) is 48.1 Å². The molecule has 0 aliphatic carbocycles. The first-order valence-electron chi connectivity index (χ1n) is 15.8. The zero-order valence-electron chi connectivity index (χ0n) is 24.5. The Morgan fingerprint density at radius 2 is 1.05 bits per heavy atom. The summed E-state index contributed by atoms with van der Waals surface area (Å²) in [6.45, 7) is 4.53. The Balaban J connectivity index is 1.57. The number of rotatable bonds is 23. The van der Waals surface area contributed by atoms with E-state index < -0.39 is 0 Å². The molecule has 2 rings (SSSR count). The Labute approximate surface area is 233 Å². The third-order valence-corrected chi connectivity index (χ3v) is 7.38. The molecule has 1 heterocycles. The fourth-order valence-electron chi connectivity index (χ4n) is 4.92. The molecule has 38 heavy (non-hydrogen) atoms. The third kappa shape index (κ3) is 15.2. The van der Waals surface area contributed by atoms with Crippen LogP contribution in [0.25, 0.3) is 11.4 Å². The molecule has 1 aromatic carbocycles. The van der Waals surface area contributed by atoms with Crippen LogP contribution in [0.1, 0.15) is 148 Å². The lowest BCUT2D eigenvalue weighted by molar-refractivity contribution is -0.134. The van der Waals surface area contributed by atoms with Gasteiger partial charge >= 0.3 is 5.97 Å². The molecule has 0 spiro atoms. The summed E-state index contributed by atoms with van der Waals surface area (Å²) in [4.78, 5) is 21.0. The maximum atomic E-state index is 12.2. The number of aryl methyl sites for hydroxylation is 1. The van der Waals surface area contributed by atoms with Gasteiger partial charge in [0.25, 0.3) is 0 Å². The minimum Gasteiger partial charge on any atom is -0.423 e. The number of carbonyl (C=O) groups excluding carboxylic acids is 1. The van der Waals surface area contributed by atoms with Crippen LogP contribution >= 0.6 is 0 Å². The standard InChI is InChI=1S/C34H54N2O2/c1-3-5-7-9-11-13-15-17-19-21-23-33(37)38-32-28-35-34(36-29-32)31-26-24-30(25-27-31)22-20-18-16-14-12-10-8-6-4-2/h24-29H,3-23H2,1-2H3. The molecule has 212 valence electrons. The quantitative estimate of drug-likeness (QED) is 0.108. The Morgan fingerprint density at radius 1 is 0.605 bits per heavy atom. The van der Waals surface area contributed by atoms with Gasteiger partial charge in [0.15, 0.2) is 11.6 Å². The molecule has 0 aliphatic rings. The average Bonchev–Trinajstić information content (AvgIpc) is 2.94. The summed E-state index contributed by atoms with van der Waals surface area (Å²) < 4.78 is 5.44. The molecule has 4 heteroatoms. The Hall–Kier alpha value is -2.23. The number of benzene rings is 1. The van der Waals surface area contributed by atoms with E-state index in [1.807, 2.05) is 0 Å². The number of ether oxygens (including phenoxy) is 1. The van der Waals surface area contributed by atoms with E-state index in [1.54, 1.807) is 12.4 Å². The number of nitrogens with zero attached hydrogens (tertiary/aromatic N) is 2. The van der Waals surface area contributed by atoms with Crippen molar-refractivity contribution in [2.24, 2.45) is 0 Å². The number of hydrogen-bond donors (Lipinski definition) is 0. The molecule has 0 amide bonds. The van der Waals surface area contributed by atoms with Crippen LogP contribution in [-0.2, 0) is 11.2 Å². The summed E-state index contributed by atoms with van der Waals surface area (Å²) in [5.41, 5.74) is 2.36. The topological polar surface area (TPSA) is 52.1 Å². The molecule has 0 saturated carbocycles. The highest BCUT2D eigenvalue weighted by molar-refractivity contribution is 5.72. The first-order valence-corrected chi connectivity index (χ1v) is 15.8. The smallest absolute Gasteiger partial charge is 0.311 e. The second-order valence-electron chi connectivity index (χ2n) is 10.9. The van der Waals surface area contributed by atoms with Crippen LogP contribution in [0.3, 0.4) is 0 Å². The number of aromatic nitrogens is 2. The van der Waals surface area contributed by atoms with Crippen LogP contribution in [0.15, 0.2) is 36.7 Å². The van der Waals surface area contributed by atoms with Gasteiger partial charge in [-0.25, -0.2) is 9.97 Å². The molecule has 4 nitrogen and oxygen atoms in total. The van der Waals surface area contributed by atoms with E-state index in [-0.39, 0.29) is 5.97 Å². The molecule has 0 N–H and O–H groups in total. The van der Waals surface area contributed by atoms with Crippen LogP contribution in [0.4, 0.5) is 0 Å². The van der Waals surface area contributed by atoms with Crippen LogP contribution in [0.5, 0.6) is 5.75 Å². The van der Waals surface area contributed by atoms with Crippen molar-refractivity contribution in [1.29, 1.82) is 0 Å². The number of carbonyl (C=O) groups is 1. The fourth-order valence-corrected chi connectivity index (χ4v) is 4.92. The monoisotopic (exact) mass is 522 g/mol. The van der Waals surface area contributed by atoms with Crippen molar-refractivity contribution in [2.75, 3.05) is 0 Å². The Bertz CT molecular complexity index is 833. The van der Waals surface area contributed by atoms with Crippen LogP contribution in [-0.4, -0.2) is 15.9 Å². The van der Waals surface area contributed by atoms with Crippen molar-refractivity contribution in [3.05, 3.63) is 42.2 Å². The molecule has 0 unspecified atom stereocenters. The van der Waals surface area contributed by atoms with E-state index in [1.165, 1.54) is 115 Å². The van der Waals surface area contributed by atoms with Gasteiger partial charge in [-0.2, -0.15) is 0 Å². The van der Waals surface area contributed by atoms with Crippen LogP contribution in [0.2, 0.25) is 0 Å². The van der Waals surface area contributed by atoms with Crippen molar-refractivity contribution in [3.8, 4) is 17.1 Å². The Morgan fingerprint density at radius 3 is 1.55 bits per heavy atom. The molecule has 2 aromatic rings. The normalized spacial score (nSPS) is 11.1. The maximum absolute atomic E-state index is 12.2. The minimum absolute atomic E-state index is 0.193. The molecule has 1 aromatic heterocycles. The van der Waals surface area contributed by atoms with Crippen LogP contribution < -0.4 is 4.74 Å². The lowest BCUT2D eigenvalue weighted by atomic mass is 10.0. The second-order valence-corrected chi connectivity index (χ2v) is 10.9. The van der Waals surface area contributed by atoms with E-state index in [9.17, 15) is 4.79 Å². The molecule has 0 saturated heterocycles. The summed E-state index contributed by atoms with van der Waals surface area (Å²) in [6.07, 6.45) is 29.6.